The molecule has 0 atom stereocenters. The van der Waals surface area contributed by atoms with E-state index in [0.29, 0.717) is 11.4 Å². The number of nitrogens with one attached hydrogen (secondary N) is 1. The van der Waals surface area contributed by atoms with Crippen LogP contribution in [0.15, 0.2) is 83.8 Å². The van der Waals surface area contributed by atoms with E-state index in [2.05, 4.69) is 5.32 Å². The molecule has 2 rings (SSSR count). The predicted octanol–water partition coefficient (Wildman–Crippen LogP) is 3.58. The molecule has 1 amide bonds. The number of amides is 1. The Balaban J connectivity index is 2.24. The van der Waals surface area contributed by atoms with Gasteiger partial charge in [0.15, 0.2) is 0 Å². The van der Waals surface area contributed by atoms with Crippen molar-refractivity contribution < 1.29 is 13.2 Å². The highest BCUT2D eigenvalue weighted by molar-refractivity contribution is 7.92. The van der Waals surface area contributed by atoms with E-state index in [1.807, 2.05) is 13.0 Å². The van der Waals surface area contributed by atoms with Crippen LogP contribution in [0.4, 0.5) is 11.4 Å². The highest BCUT2D eigenvalue weighted by Gasteiger charge is 2.21. The van der Waals surface area contributed by atoms with E-state index < -0.39 is 10.0 Å². The first-order chi connectivity index (χ1) is 11.9. The topological polar surface area (TPSA) is 66.5 Å². The molecule has 2 aromatic rings. The van der Waals surface area contributed by atoms with E-state index in [-0.39, 0.29) is 10.8 Å². The molecule has 25 heavy (non-hydrogen) atoms. The maximum absolute atomic E-state index is 12.8. The minimum Gasteiger partial charge on any atom is -0.322 e. The van der Waals surface area contributed by atoms with Gasteiger partial charge in [0.05, 0.1) is 10.6 Å². The standard InChI is InChI=1S/C19H20N2O3S/c1-3-4-6-14-19(22)20-16-10-9-13-18(15-16)25(23,24)21(2)17-11-7-5-8-12-17/h3-15H,1-2H3,(H,20,22)/b4-3+,14-6+. The molecule has 0 radical (unpaired) electrons. The molecule has 0 aliphatic rings. The van der Waals surface area contributed by atoms with Gasteiger partial charge >= 0.3 is 0 Å². The molecule has 0 heterocycles. The zero-order chi connectivity index (χ0) is 18.3. The fraction of sp³-hybridized carbons (Fsp3) is 0.105. The number of para-hydroxylation sites is 1. The molecule has 0 unspecified atom stereocenters. The number of rotatable bonds is 6. The summed E-state index contributed by atoms with van der Waals surface area (Å²) in [6.07, 6.45) is 6.52. The van der Waals surface area contributed by atoms with E-state index in [9.17, 15) is 13.2 Å². The van der Waals surface area contributed by atoms with E-state index in [1.54, 1.807) is 54.6 Å². The summed E-state index contributed by atoms with van der Waals surface area (Å²) < 4.78 is 26.8. The summed E-state index contributed by atoms with van der Waals surface area (Å²) in [6, 6.07) is 15.0. The van der Waals surface area contributed by atoms with Crippen molar-refractivity contribution in [1.29, 1.82) is 0 Å². The minimum absolute atomic E-state index is 0.106. The first-order valence-corrected chi connectivity index (χ1v) is 9.13. The first kappa shape index (κ1) is 18.5. The Morgan fingerprint density at radius 2 is 1.76 bits per heavy atom. The van der Waals surface area contributed by atoms with Crippen LogP contribution in [0.5, 0.6) is 0 Å². The molecular weight excluding hydrogens is 336 g/mol. The van der Waals surface area contributed by atoms with Crippen molar-refractivity contribution in [1.82, 2.24) is 0 Å². The number of nitrogens with zero attached hydrogens (tertiary/aromatic N) is 1. The molecule has 0 saturated heterocycles. The van der Waals surface area contributed by atoms with Gasteiger partial charge in [0.2, 0.25) is 5.91 Å². The summed E-state index contributed by atoms with van der Waals surface area (Å²) in [6.45, 7) is 1.85. The maximum Gasteiger partial charge on any atom is 0.264 e. The smallest absolute Gasteiger partial charge is 0.264 e. The van der Waals surface area contributed by atoms with Gasteiger partial charge in [0, 0.05) is 18.8 Å². The number of allylic oxidation sites excluding steroid dienone is 3. The molecule has 0 aromatic heterocycles. The summed E-state index contributed by atoms with van der Waals surface area (Å²) >= 11 is 0. The molecular formula is C19H20N2O3S. The lowest BCUT2D eigenvalue weighted by molar-refractivity contribution is -0.111. The molecule has 1 N–H and O–H groups in total. The highest BCUT2D eigenvalue weighted by Crippen LogP contribution is 2.23. The van der Waals surface area contributed by atoms with Crippen molar-refractivity contribution in [2.24, 2.45) is 0 Å². The van der Waals surface area contributed by atoms with Gasteiger partial charge in [-0.3, -0.25) is 9.10 Å². The zero-order valence-electron chi connectivity index (χ0n) is 14.1. The monoisotopic (exact) mass is 356 g/mol. The average molecular weight is 356 g/mol. The number of benzene rings is 2. The van der Waals surface area contributed by atoms with E-state index in [4.69, 9.17) is 0 Å². The summed E-state index contributed by atoms with van der Waals surface area (Å²) in [4.78, 5) is 11.9. The van der Waals surface area contributed by atoms with Crippen LogP contribution in [0.3, 0.4) is 0 Å². The second-order valence-corrected chi connectivity index (χ2v) is 7.18. The molecule has 0 fully saturated rings. The first-order valence-electron chi connectivity index (χ1n) is 7.69. The third kappa shape index (κ3) is 4.81. The van der Waals surface area contributed by atoms with Gasteiger partial charge in [-0.1, -0.05) is 42.5 Å². The lowest BCUT2D eigenvalue weighted by atomic mass is 10.3. The van der Waals surface area contributed by atoms with Crippen molar-refractivity contribution in [3.05, 3.63) is 78.9 Å². The summed E-state index contributed by atoms with van der Waals surface area (Å²) in [5.74, 6) is -0.330. The number of carbonyl (C=O) groups is 1. The Morgan fingerprint density at radius 3 is 2.44 bits per heavy atom. The molecule has 0 aliphatic carbocycles. The fourth-order valence-electron chi connectivity index (χ4n) is 2.11. The molecule has 6 heteroatoms. The Morgan fingerprint density at radius 1 is 1.04 bits per heavy atom. The second kappa shape index (κ2) is 8.30. The fourth-order valence-corrected chi connectivity index (χ4v) is 3.35. The lowest BCUT2D eigenvalue weighted by Crippen LogP contribution is -2.26. The van der Waals surface area contributed by atoms with Gasteiger partial charge in [0.25, 0.3) is 10.0 Å². The third-order valence-electron chi connectivity index (χ3n) is 3.43. The zero-order valence-corrected chi connectivity index (χ0v) is 14.9. The largest absolute Gasteiger partial charge is 0.322 e. The van der Waals surface area contributed by atoms with Crippen molar-refractivity contribution in [2.45, 2.75) is 11.8 Å². The van der Waals surface area contributed by atoms with E-state index in [1.165, 1.54) is 29.6 Å². The van der Waals surface area contributed by atoms with Crippen LogP contribution in [0.2, 0.25) is 0 Å². The minimum atomic E-state index is -3.72. The van der Waals surface area contributed by atoms with Gasteiger partial charge in [-0.15, -0.1) is 0 Å². The molecule has 0 bridgehead atoms. The van der Waals surface area contributed by atoms with Gasteiger partial charge in [-0.25, -0.2) is 8.42 Å². The molecule has 2 aromatic carbocycles. The van der Waals surface area contributed by atoms with Crippen LogP contribution in [0.25, 0.3) is 0 Å². The van der Waals surface area contributed by atoms with Crippen LogP contribution in [0.1, 0.15) is 6.92 Å². The van der Waals surface area contributed by atoms with Crippen LogP contribution in [-0.4, -0.2) is 21.4 Å². The second-order valence-electron chi connectivity index (χ2n) is 5.21. The molecule has 0 spiro atoms. The highest BCUT2D eigenvalue weighted by atomic mass is 32.2. The van der Waals surface area contributed by atoms with Crippen LogP contribution < -0.4 is 9.62 Å². The third-order valence-corrected chi connectivity index (χ3v) is 5.21. The number of sulfonamides is 1. The van der Waals surface area contributed by atoms with Gasteiger partial charge < -0.3 is 5.32 Å². The van der Waals surface area contributed by atoms with E-state index >= 15 is 0 Å². The number of anilines is 2. The average Bonchev–Trinajstić information content (AvgIpc) is 2.62. The molecule has 0 aliphatic heterocycles. The summed E-state index contributed by atoms with van der Waals surface area (Å²) in [5, 5.41) is 2.65. The van der Waals surface area contributed by atoms with Crippen molar-refractivity contribution in [3.8, 4) is 0 Å². The SMILES string of the molecule is C/C=C/C=C/C(=O)Nc1cccc(S(=O)(=O)N(C)c2ccccc2)c1. The summed E-state index contributed by atoms with van der Waals surface area (Å²) in [5.41, 5.74) is 0.976. The van der Waals surface area contributed by atoms with Gasteiger partial charge in [-0.2, -0.15) is 0 Å². The van der Waals surface area contributed by atoms with Crippen LogP contribution >= 0.6 is 0 Å². The van der Waals surface area contributed by atoms with Crippen LogP contribution in [-0.2, 0) is 14.8 Å². The van der Waals surface area contributed by atoms with E-state index in [0.717, 1.165) is 0 Å². The molecule has 0 saturated carbocycles. The van der Waals surface area contributed by atoms with Crippen molar-refractivity contribution in [2.75, 3.05) is 16.7 Å². The number of hydrogen-bond acceptors (Lipinski definition) is 3. The Labute approximate surface area is 148 Å². The van der Waals surface area contributed by atoms with Crippen molar-refractivity contribution >= 4 is 27.3 Å². The Kier molecular flexibility index (Phi) is 6.14. The van der Waals surface area contributed by atoms with Gasteiger partial charge in [-0.05, 0) is 37.3 Å². The normalized spacial score (nSPS) is 11.8. The Bertz CT molecular complexity index is 888. The molecule has 5 nitrogen and oxygen atoms in total. The quantitative estimate of drug-likeness (QED) is 0.635. The lowest BCUT2D eigenvalue weighted by Gasteiger charge is -2.19. The number of carbonyl (C=O) groups excluding carboxylic acids is 1. The molecule has 130 valence electrons. The maximum atomic E-state index is 12.8. The van der Waals surface area contributed by atoms with Gasteiger partial charge in [0.1, 0.15) is 0 Å². The summed E-state index contributed by atoms with van der Waals surface area (Å²) in [7, 11) is -2.22. The Hall–Kier alpha value is -2.86. The van der Waals surface area contributed by atoms with Crippen LogP contribution in [0, 0.1) is 0 Å². The predicted molar refractivity (Wildman–Crippen MR) is 101 cm³/mol. The number of hydrogen-bond donors (Lipinski definition) is 1. The van der Waals surface area contributed by atoms with Crippen molar-refractivity contribution in [3.63, 3.8) is 0 Å².